The largest absolute Gasteiger partial charge is 0.384 e. The summed E-state index contributed by atoms with van der Waals surface area (Å²) in [6, 6.07) is 5.32. The maximum atomic E-state index is 13.6. The van der Waals surface area contributed by atoms with Gasteiger partial charge in [0.15, 0.2) is 0 Å². The fraction of sp³-hybridized carbons (Fsp3) is 0.0667. The first-order valence-corrected chi connectivity index (χ1v) is 6.29. The number of pyridine rings is 1. The Balaban J connectivity index is 2.31. The zero-order valence-electron chi connectivity index (χ0n) is 10.7. The minimum atomic E-state index is -0.593. The first kappa shape index (κ1) is 15.0. The van der Waals surface area contributed by atoms with Gasteiger partial charge in [0.2, 0.25) is 0 Å². The fourth-order valence-corrected chi connectivity index (χ4v) is 1.78. The van der Waals surface area contributed by atoms with Crippen molar-refractivity contribution in [1.29, 1.82) is 0 Å². The fourth-order valence-electron chi connectivity index (χ4n) is 1.61. The molecule has 0 unspecified atom stereocenters. The number of benzene rings is 1. The minimum absolute atomic E-state index is 0.0228. The van der Waals surface area contributed by atoms with Crippen molar-refractivity contribution in [3.8, 4) is 11.8 Å². The molecular formula is C15H10ClFN2O2. The van der Waals surface area contributed by atoms with Crippen molar-refractivity contribution >= 4 is 23.2 Å². The second kappa shape index (κ2) is 6.84. The molecule has 2 rings (SSSR count). The summed E-state index contributed by atoms with van der Waals surface area (Å²) in [4.78, 5) is 16.0. The molecule has 0 aliphatic carbocycles. The average molecular weight is 305 g/mol. The first-order valence-electron chi connectivity index (χ1n) is 5.92. The molecule has 21 heavy (non-hydrogen) atoms. The second-order valence-corrected chi connectivity index (χ2v) is 4.40. The normalized spacial score (nSPS) is 9.67. The van der Waals surface area contributed by atoms with Crippen molar-refractivity contribution in [3.63, 3.8) is 0 Å². The van der Waals surface area contributed by atoms with E-state index in [0.717, 1.165) is 6.07 Å². The molecule has 0 saturated heterocycles. The lowest BCUT2D eigenvalue weighted by atomic mass is 10.1. The van der Waals surface area contributed by atoms with Crippen LogP contribution in [-0.4, -0.2) is 22.6 Å². The van der Waals surface area contributed by atoms with Crippen LogP contribution in [0, 0.1) is 17.7 Å². The third-order valence-corrected chi connectivity index (χ3v) is 2.78. The van der Waals surface area contributed by atoms with Gasteiger partial charge in [-0.1, -0.05) is 23.4 Å². The summed E-state index contributed by atoms with van der Waals surface area (Å²) < 4.78 is 13.6. The summed E-state index contributed by atoms with van der Waals surface area (Å²) in [6.07, 6.45) is 2.82. The molecule has 0 radical (unpaired) electrons. The Labute approximate surface area is 125 Å². The molecule has 106 valence electrons. The SMILES string of the molecule is O=C(Nc1cc(Cl)ccc1F)c1ccncc1C#CCO. The smallest absolute Gasteiger partial charge is 0.257 e. The lowest BCUT2D eigenvalue weighted by Gasteiger charge is -2.08. The quantitative estimate of drug-likeness (QED) is 0.838. The minimum Gasteiger partial charge on any atom is -0.384 e. The van der Waals surface area contributed by atoms with Gasteiger partial charge in [0.1, 0.15) is 12.4 Å². The van der Waals surface area contributed by atoms with E-state index in [9.17, 15) is 9.18 Å². The van der Waals surface area contributed by atoms with E-state index < -0.39 is 11.7 Å². The van der Waals surface area contributed by atoms with Gasteiger partial charge in [-0.05, 0) is 24.3 Å². The Bertz CT molecular complexity index is 738. The van der Waals surface area contributed by atoms with E-state index in [0.29, 0.717) is 10.6 Å². The maximum absolute atomic E-state index is 13.6. The highest BCUT2D eigenvalue weighted by Crippen LogP contribution is 2.20. The molecule has 2 N–H and O–H groups in total. The number of carbonyl (C=O) groups excluding carboxylic acids is 1. The number of aromatic nitrogens is 1. The van der Waals surface area contributed by atoms with E-state index in [-0.39, 0.29) is 17.9 Å². The summed E-state index contributed by atoms with van der Waals surface area (Å²) in [5.41, 5.74) is 0.544. The van der Waals surface area contributed by atoms with Crippen LogP contribution in [0.1, 0.15) is 15.9 Å². The average Bonchev–Trinajstić information content (AvgIpc) is 2.49. The van der Waals surface area contributed by atoms with Crippen LogP contribution in [0.25, 0.3) is 0 Å². The predicted molar refractivity (Wildman–Crippen MR) is 77.6 cm³/mol. The van der Waals surface area contributed by atoms with E-state index in [1.54, 1.807) is 0 Å². The van der Waals surface area contributed by atoms with Crippen LogP contribution in [-0.2, 0) is 0 Å². The molecule has 0 saturated carbocycles. The molecule has 4 nitrogen and oxygen atoms in total. The van der Waals surface area contributed by atoms with Crippen LogP contribution >= 0.6 is 11.6 Å². The Morgan fingerprint density at radius 3 is 3.00 bits per heavy atom. The number of halogens is 2. The van der Waals surface area contributed by atoms with Crippen LogP contribution in [0.4, 0.5) is 10.1 Å². The summed E-state index contributed by atoms with van der Waals surface area (Å²) in [5, 5.41) is 11.4. The molecule has 6 heteroatoms. The molecule has 1 aromatic heterocycles. The zero-order valence-corrected chi connectivity index (χ0v) is 11.5. The van der Waals surface area contributed by atoms with Gasteiger partial charge in [-0.15, -0.1) is 0 Å². The van der Waals surface area contributed by atoms with Gasteiger partial charge in [-0.3, -0.25) is 9.78 Å². The van der Waals surface area contributed by atoms with E-state index in [4.69, 9.17) is 16.7 Å². The Hall–Kier alpha value is -2.42. The zero-order chi connectivity index (χ0) is 15.2. The standard InChI is InChI=1S/C15H10ClFN2O2/c16-11-3-4-13(17)14(8-11)19-15(21)12-5-6-18-9-10(12)2-1-7-20/h3-6,8-9,20H,7H2,(H,19,21). The molecule has 0 spiro atoms. The lowest BCUT2D eigenvalue weighted by molar-refractivity contribution is 0.102. The molecule has 0 aliphatic rings. The van der Waals surface area contributed by atoms with E-state index in [1.807, 2.05) is 0 Å². The van der Waals surface area contributed by atoms with E-state index in [1.165, 1.54) is 30.6 Å². The third kappa shape index (κ3) is 3.78. The first-order chi connectivity index (χ1) is 10.1. The van der Waals surface area contributed by atoms with Crippen molar-refractivity contribution in [1.82, 2.24) is 4.98 Å². The molecule has 1 heterocycles. The van der Waals surface area contributed by atoms with Crippen molar-refractivity contribution in [2.45, 2.75) is 0 Å². The summed E-state index contributed by atoms with van der Waals surface area (Å²) in [5.74, 6) is 3.91. The van der Waals surface area contributed by atoms with Crippen molar-refractivity contribution in [2.24, 2.45) is 0 Å². The number of aliphatic hydroxyl groups excluding tert-OH is 1. The third-order valence-electron chi connectivity index (χ3n) is 2.54. The van der Waals surface area contributed by atoms with Crippen molar-refractivity contribution in [3.05, 3.63) is 58.6 Å². The molecule has 2 aromatic rings. The number of anilines is 1. The van der Waals surface area contributed by atoms with Gasteiger partial charge in [0.05, 0.1) is 16.8 Å². The number of nitrogens with zero attached hydrogens (tertiary/aromatic N) is 1. The summed E-state index contributed by atoms with van der Waals surface area (Å²) in [6.45, 7) is -0.334. The molecular weight excluding hydrogens is 295 g/mol. The number of hydrogen-bond donors (Lipinski definition) is 2. The molecule has 1 aromatic carbocycles. The number of carbonyl (C=O) groups is 1. The monoisotopic (exact) mass is 304 g/mol. The predicted octanol–water partition coefficient (Wildman–Crippen LogP) is 2.47. The van der Waals surface area contributed by atoms with Crippen LogP contribution < -0.4 is 5.32 Å². The number of nitrogens with one attached hydrogen (secondary N) is 1. The number of rotatable bonds is 2. The summed E-state index contributed by atoms with van der Waals surface area (Å²) in [7, 11) is 0. The topological polar surface area (TPSA) is 62.2 Å². The van der Waals surface area contributed by atoms with Crippen LogP contribution in [0.5, 0.6) is 0 Å². The van der Waals surface area contributed by atoms with Crippen LogP contribution in [0.15, 0.2) is 36.7 Å². The van der Waals surface area contributed by atoms with Gasteiger partial charge >= 0.3 is 0 Å². The Morgan fingerprint density at radius 2 is 2.24 bits per heavy atom. The number of aliphatic hydroxyl groups is 1. The van der Waals surface area contributed by atoms with Crippen LogP contribution in [0.3, 0.4) is 0 Å². The second-order valence-electron chi connectivity index (χ2n) is 3.96. The highest BCUT2D eigenvalue weighted by molar-refractivity contribution is 6.31. The molecule has 0 bridgehead atoms. The molecule has 0 atom stereocenters. The number of hydrogen-bond acceptors (Lipinski definition) is 3. The van der Waals surface area contributed by atoms with Gasteiger partial charge in [-0.25, -0.2) is 4.39 Å². The molecule has 1 amide bonds. The van der Waals surface area contributed by atoms with E-state index >= 15 is 0 Å². The van der Waals surface area contributed by atoms with Crippen molar-refractivity contribution in [2.75, 3.05) is 11.9 Å². The summed E-state index contributed by atoms with van der Waals surface area (Å²) >= 11 is 5.77. The van der Waals surface area contributed by atoms with Crippen LogP contribution in [0.2, 0.25) is 5.02 Å². The van der Waals surface area contributed by atoms with E-state index in [2.05, 4.69) is 22.1 Å². The van der Waals surface area contributed by atoms with Gasteiger partial charge in [0.25, 0.3) is 5.91 Å². The molecule has 0 aliphatic heterocycles. The van der Waals surface area contributed by atoms with Gasteiger partial charge in [-0.2, -0.15) is 0 Å². The molecule has 0 fully saturated rings. The van der Waals surface area contributed by atoms with Gasteiger partial charge < -0.3 is 10.4 Å². The highest BCUT2D eigenvalue weighted by Gasteiger charge is 2.13. The van der Waals surface area contributed by atoms with Crippen molar-refractivity contribution < 1.29 is 14.3 Å². The van der Waals surface area contributed by atoms with Gasteiger partial charge in [0, 0.05) is 17.4 Å². The lowest BCUT2D eigenvalue weighted by Crippen LogP contribution is -2.14. The Kier molecular flexibility index (Phi) is 4.88. The maximum Gasteiger partial charge on any atom is 0.257 e. The number of amides is 1. The Morgan fingerprint density at radius 1 is 1.43 bits per heavy atom. The highest BCUT2D eigenvalue weighted by atomic mass is 35.5.